The molecule has 0 atom stereocenters. The molecule has 0 aromatic rings. The van der Waals surface area contributed by atoms with Gasteiger partial charge in [-0.05, 0) is 93.8 Å². The maximum atomic E-state index is 12.3. The second kappa shape index (κ2) is 9.11. The standard InChI is InChI=1S/C24H42O2/c1-3-5-7-19-26-22(25)20-8-10-21(11-9-20)24-16-13-23(14-17-24,15-18-24)12-6-4-2/h20-21H,3-19H2,1-2H3. The number of carbonyl (C=O) groups is 1. The number of unbranched alkanes of at least 4 members (excludes halogenated alkanes) is 3. The highest BCUT2D eigenvalue weighted by atomic mass is 16.5. The van der Waals surface area contributed by atoms with Crippen LogP contribution in [0.15, 0.2) is 0 Å². The molecule has 4 saturated carbocycles. The summed E-state index contributed by atoms with van der Waals surface area (Å²) in [4.78, 5) is 12.3. The molecule has 4 aliphatic rings. The van der Waals surface area contributed by atoms with Gasteiger partial charge in [0.25, 0.3) is 0 Å². The van der Waals surface area contributed by atoms with Gasteiger partial charge in [-0.3, -0.25) is 4.79 Å². The van der Waals surface area contributed by atoms with E-state index in [2.05, 4.69) is 13.8 Å². The van der Waals surface area contributed by atoms with Crippen molar-refractivity contribution in [2.75, 3.05) is 6.61 Å². The lowest BCUT2D eigenvalue weighted by Gasteiger charge is -2.58. The third-order valence-corrected chi connectivity index (χ3v) is 8.44. The molecular formula is C24H42O2. The molecule has 0 N–H and O–H groups in total. The number of rotatable bonds is 9. The molecule has 26 heavy (non-hydrogen) atoms. The highest BCUT2D eigenvalue weighted by Crippen LogP contribution is 2.63. The molecule has 0 spiro atoms. The monoisotopic (exact) mass is 362 g/mol. The van der Waals surface area contributed by atoms with E-state index in [0.717, 1.165) is 30.6 Å². The molecule has 4 aliphatic carbocycles. The SMILES string of the molecule is CCCCCOC(=O)C1CCC(C23CCC(CCCC)(CC2)CC3)CC1. The Kier molecular flexibility index (Phi) is 7.08. The molecule has 0 saturated heterocycles. The number of esters is 1. The molecule has 0 unspecified atom stereocenters. The number of hydrogen-bond acceptors (Lipinski definition) is 2. The third-order valence-electron chi connectivity index (χ3n) is 8.44. The minimum Gasteiger partial charge on any atom is -0.465 e. The highest BCUT2D eigenvalue weighted by Gasteiger charge is 2.51. The first kappa shape index (κ1) is 20.2. The second-order valence-corrected chi connectivity index (χ2v) is 9.89. The van der Waals surface area contributed by atoms with E-state index < -0.39 is 0 Å². The minimum atomic E-state index is 0.0999. The van der Waals surface area contributed by atoms with E-state index in [4.69, 9.17) is 4.74 Å². The van der Waals surface area contributed by atoms with Gasteiger partial charge >= 0.3 is 5.97 Å². The van der Waals surface area contributed by atoms with Crippen molar-refractivity contribution in [2.45, 2.75) is 117 Å². The Morgan fingerprint density at radius 2 is 1.46 bits per heavy atom. The summed E-state index contributed by atoms with van der Waals surface area (Å²) < 4.78 is 5.54. The Morgan fingerprint density at radius 3 is 2.04 bits per heavy atom. The van der Waals surface area contributed by atoms with Gasteiger partial charge in [-0.15, -0.1) is 0 Å². The van der Waals surface area contributed by atoms with E-state index in [-0.39, 0.29) is 11.9 Å². The summed E-state index contributed by atoms with van der Waals surface area (Å²) in [6, 6.07) is 0. The largest absolute Gasteiger partial charge is 0.465 e. The lowest BCUT2D eigenvalue weighted by molar-refractivity contribution is -0.151. The van der Waals surface area contributed by atoms with Crippen LogP contribution in [0.2, 0.25) is 0 Å². The van der Waals surface area contributed by atoms with Gasteiger partial charge in [-0.25, -0.2) is 0 Å². The summed E-state index contributed by atoms with van der Waals surface area (Å²) in [5, 5.41) is 0. The van der Waals surface area contributed by atoms with Crippen molar-refractivity contribution >= 4 is 5.97 Å². The molecule has 0 heterocycles. The lowest BCUT2D eigenvalue weighted by Crippen LogP contribution is -2.46. The number of carbonyl (C=O) groups excluding carboxylic acids is 1. The van der Waals surface area contributed by atoms with Crippen molar-refractivity contribution in [3.8, 4) is 0 Å². The Balaban J connectivity index is 1.44. The van der Waals surface area contributed by atoms with Crippen LogP contribution in [0, 0.1) is 22.7 Å². The molecule has 2 nitrogen and oxygen atoms in total. The van der Waals surface area contributed by atoms with Crippen LogP contribution in [0.5, 0.6) is 0 Å². The minimum absolute atomic E-state index is 0.0999. The molecule has 150 valence electrons. The van der Waals surface area contributed by atoms with E-state index in [1.807, 2.05) is 0 Å². The molecule has 0 radical (unpaired) electrons. The zero-order valence-corrected chi connectivity index (χ0v) is 17.5. The van der Waals surface area contributed by atoms with Gasteiger partial charge < -0.3 is 4.74 Å². The van der Waals surface area contributed by atoms with Gasteiger partial charge in [0.15, 0.2) is 0 Å². The van der Waals surface area contributed by atoms with Crippen LogP contribution in [0.1, 0.15) is 117 Å². The van der Waals surface area contributed by atoms with E-state index in [9.17, 15) is 4.79 Å². The Bertz CT molecular complexity index is 423. The van der Waals surface area contributed by atoms with Crippen LogP contribution < -0.4 is 0 Å². The van der Waals surface area contributed by atoms with Gasteiger partial charge in [-0.1, -0.05) is 39.5 Å². The van der Waals surface area contributed by atoms with Crippen molar-refractivity contribution in [2.24, 2.45) is 22.7 Å². The van der Waals surface area contributed by atoms with Crippen LogP contribution in [0.25, 0.3) is 0 Å². The molecule has 4 fully saturated rings. The van der Waals surface area contributed by atoms with Gasteiger partial charge in [0.1, 0.15) is 0 Å². The summed E-state index contributed by atoms with van der Waals surface area (Å²) in [6.45, 7) is 5.16. The maximum Gasteiger partial charge on any atom is 0.308 e. The summed E-state index contributed by atoms with van der Waals surface area (Å²) in [6.07, 6.45) is 21.3. The van der Waals surface area contributed by atoms with Crippen molar-refractivity contribution in [1.29, 1.82) is 0 Å². The Labute approximate surface area is 161 Å². The van der Waals surface area contributed by atoms with Crippen LogP contribution in [0.4, 0.5) is 0 Å². The Morgan fingerprint density at radius 1 is 0.846 bits per heavy atom. The van der Waals surface area contributed by atoms with Crippen LogP contribution in [-0.2, 0) is 9.53 Å². The summed E-state index contributed by atoms with van der Waals surface area (Å²) in [5.41, 5.74) is 1.36. The van der Waals surface area contributed by atoms with Crippen molar-refractivity contribution < 1.29 is 9.53 Å². The summed E-state index contributed by atoms with van der Waals surface area (Å²) in [5.74, 6) is 1.18. The third kappa shape index (κ3) is 4.47. The van der Waals surface area contributed by atoms with Gasteiger partial charge in [-0.2, -0.15) is 0 Å². The van der Waals surface area contributed by atoms with Crippen molar-refractivity contribution in [3.05, 3.63) is 0 Å². The molecule has 4 rings (SSSR count). The zero-order chi connectivity index (χ0) is 18.5. The zero-order valence-electron chi connectivity index (χ0n) is 17.5. The van der Waals surface area contributed by atoms with Crippen molar-refractivity contribution in [3.63, 3.8) is 0 Å². The van der Waals surface area contributed by atoms with E-state index in [0.29, 0.717) is 12.0 Å². The number of fused-ring (bicyclic) bond motifs is 3. The number of hydrogen-bond donors (Lipinski definition) is 0. The lowest BCUT2D eigenvalue weighted by atomic mass is 9.47. The molecule has 2 bridgehead atoms. The molecule has 0 amide bonds. The molecule has 0 aromatic heterocycles. The maximum absolute atomic E-state index is 12.3. The Hall–Kier alpha value is -0.530. The van der Waals surface area contributed by atoms with E-state index in [1.165, 1.54) is 83.5 Å². The first-order valence-electron chi connectivity index (χ1n) is 11.8. The predicted molar refractivity (Wildman–Crippen MR) is 108 cm³/mol. The normalized spacial score (nSPS) is 36.8. The molecular weight excluding hydrogens is 320 g/mol. The van der Waals surface area contributed by atoms with Gasteiger partial charge in [0, 0.05) is 0 Å². The molecule has 2 heteroatoms. The molecule has 0 aromatic carbocycles. The quantitative estimate of drug-likeness (QED) is 0.324. The fourth-order valence-electron chi connectivity index (χ4n) is 6.42. The highest BCUT2D eigenvalue weighted by molar-refractivity contribution is 5.72. The topological polar surface area (TPSA) is 26.3 Å². The average molecular weight is 363 g/mol. The first-order valence-corrected chi connectivity index (χ1v) is 11.8. The number of ether oxygens (including phenoxy) is 1. The van der Waals surface area contributed by atoms with Gasteiger partial charge in [0.05, 0.1) is 12.5 Å². The summed E-state index contributed by atoms with van der Waals surface area (Å²) in [7, 11) is 0. The summed E-state index contributed by atoms with van der Waals surface area (Å²) >= 11 is 0. The predicted octanol–water partition coefficient (Wildman–Crippen LogP) is 7.06. The average Bonchev–Trinajstić information content (AvgIpc) is 2.71. The molecule has 0 aliphatic heterocycles. The van der Waals surface area contributed by atoms with Crippen LogP contribution in [0.3, 0.4) is 0 Å². The van der Waals surface area contributed by atoms with Crippen LogP contribution >= 0.6 is 0 Å². The van der Waals surface area contributed by atoms with Crippen LogP contribution in [-0.4, -0.2) is 12.6 Å². The van der Waals surface area contributed by atoms with Gasteiger partial charge in [0.2, 0.25) is 0 Å². The first-order chi connectivity index (χ1) is 12.6. The van der Waals surface area contributed by atoms with Crippen molar-refractivity contribution in [1.82, 2.24) is 0 Å². The second-order valence-electron chi connectivity index (χ2n) is 9.89. The fraction of sp³-hybridized carbons (Fsp3) is 0.958. The van der Waals surface area contributed by atoms with E-state index in [1.54, 1.807) is 0 Å². The smallest absolute Gasteiger partial charge is 0.308 e. The fourth-order valence-corrected chi connectivity index (χ4v) is 6.42. The van der Waals surface area contributed by atoms with E-state index >= 15 is 0 Å².